The highest BCUT2D eigenvalue weighted by atomic mass is 32.1. The van der Waals surface area contributed by atoms with Crippen LogP contribution in [0.5, 0.6) is 0 Å². The lowest BCUT2D eigenvalue weighted by Gasteiger charge is -2.14. The molecule has 0 aliphatic heterocycles. The molecule has 2 rings (SSSR count). The Balaban J connectivity index is 2.13. The summed E-state index contributed by atoms with van der Waals surface area (Å²) in [4.78, 5) is 12.3. The van der Waals surface area contributed by atoms with Gasteiger partial charge in [-0.2, -0.15) is 0 Å². The summed E-state index contributed by atoms with van der Waals surface area (Å²) in [6.45, 7) is 2.09. The summed E-state index contributed by atoms with van der Waals surface area (Å²) in [5.74, 6) is -0.405. The molecule has 1 unspecified atom stereocenters. The van der Waals surface area contributed by atoms with Crippen molar-refractivity contribution >= 4 is 22.9 Å². The molecule has 0 aliphatic rings. The Morgan fingerprint density at radius 3 is 2.82 bits per heavy atom. The number of benzene rings is 1. The molecule has 1 atom stereocenters. The van der Waals surface area contributed by atoms with Crippen molar-refractivity contribution in [2.75, 3.05) is 5.32 Å². The average molecular weight is 246 g/mol. The van der Waals surface area contributed by atoms with Gasteiger partial charge < -0.3 is 11.1 Å². The molecule has 17 heavy (non-hydrogen) atoms. The van der Waals surface area contributed by atoms with E-state index in [1.807, 2.05) is 23.6 Å². The van der Waals surface area contributed by atoms with Crippen molar-refractivity contribution in [3.8, 4) is 0 Å². The van der Waals surface area contributed by atoms with Gasteiger partial charge in [0.25, 0.3) is 0 Å². The van der Waals surface area contributed by atoms with Crippen molar-refractivity contribution in [1.29, 1.82) is 0 Å². The van der Waals surface area contributed by atoms with Gasteiger partial charge in [0.2, 0.25) is 5.91 Å². The maximum Gasteiger partial charge on any atom is 0.248 e. The monoisotopic (exact) mass is 246 g/mol. The van der Waals surface area contributed by atoms with Crippen LogP contribution in [-0.4, -0.2) is 5.91 Å². The molecular weight excluding hydrogens is 232 g/mol. The van der Waals surface area contributed by atoms with E-state index >= 15 is 0 Å². The molecule has 1 heterocycles. The maximum absolute atomic E-state index is 11.1. The van der Waals surface area contributed by atoms with Gasteiger partial charge in [-0.05, 0) is 36.6 Å². The fourth-order valence-corrected chi connectivity index (χ4v) is 2.36. The van der Waals surface area contributed by atoms with Gasteiger partial charge in [-0.25, -0.2) is 0 Å². The minimum Gasteiger partial charge on any atom is -0.378 e. The van der Waals surface area contributed by atoms with Gasteiger partial charge in [0.05, 0.1) is 6.04 Å². The summed E-state index contributed by atoms with van der Waals surface area (Å²) in [7, 11) is 0. The minimum absolute atomic E-state index is 0.220. The van der Waals surface area contributed by atoms with Crippen molar-refractivity contribution in [2.24, 2.45) is 5.73 Å². The predicted molar refractivity (Wildman–Crippen MR) is 71.3 cm³/mol. The first-order chi connectivity index (χ1) is 8.16. The van der Waals surface area contributed by atoms with Crippen molar-refractivity contribution in [3.63, 3.8) is 0 Å². The third-order valence-corrected chi connectivity index (χ3v) is 3.56. The van der Waals surface area contributed by atoms with Gasteiger partial charge >= 0.3 is 0 Å². The Labute approximate surface area is 104 Å². The van der Waals surface area contributed by atoms with Gasteiger partial charge in [-0.1, -0.05) is 12.1 Å². The number of hydrogen-bond donors (Lipinski definition) is 2. The van der Waals surface area contributed by atoms with Crippen LogP contribution in [0.2, 0.25) is 0 Å². The molecule has 0 spiro atoms. The number of nitrogens with one attached hydrogen (secondary N) is 1. The molecule has 3 nitrogen and oxygen atoms in total. The smallest absolute Gasteiger partial charge is 0.248 e. The van der Waals surface area contributed by atoms with Crippen LogP contribution in [0, 0.1) is 0 Å². The SMILES string of the molecule is CC(Nc1cccc(C(N)=O)c1)c1cccs1. The lowest BCUT2D eigenvalue weighted by atomic mass is 10.1. The molecule has 4 heteroatoms. The Bertz CT molecular complexity index is 508. The topological polar surface area (TPSA) is 55.1 Å². The second-order valence-corrected chi connectivity index (χ2v) is 4.81. The molecule has 0 bridgehead atoms. The molecule has 2 aromatic rings. The summed E-state index contributed by atoms with van der Waals surface area (Å²) in [6, 6.07) is 11.6. The normalized spacial score (nSPS) is 12.1. The van der Waals surface area contributed by atoms with Crippen molar-refractivity contribution in [1.82, 2.24) is 0 Å². The first-order valence-corrected chi connectivity index (χ1v) is 6.24. The summed E-state index contributed by atoms with van der Waals surface area (Å²) >= 11 is 1.71. The zero-order valence-electron chi connectivity index (χ0n) is 9.51. The van der Waals surface area contributed by atoms with E-state index in [9.17, 15) is 4.79 Å². The number of amides is 1. The van der Waals surface area contributed by atoms with Crippen LogP contribution in [0.4, 0.5) is 5.69 Å². The van der Waals surface area contributed by atoms with E-state index in [1.165, 1.54) is 4.88 Å². The van der Waals surface area contributed by atoms with E-state index < -0.39 is 5.91 Å². The highest BCUT2D eigenvalue weighted by molar-refractivity contribution is 7.10. The zero-order chi connectivity index (χ0) is 12.3. The van der Waals surface area contributed by atoms with Crippen LogP contribution in [0.25, 0.3) is 0 Å². The number of primary amides is 1. The van der Waals surface area contributed by atoms with Gasteiger partial charge in [-0.15, -0.1) is 11.3 Å². The molecule has 1 aromatic heterocycles. The number of rotatable bonds is 4. The van der Waals surface area contributed by atoms with Gasteiger partial charge in [-0.3, -0.25) is 4.79 Å². The highest BCUT2D eigenvalue weighted by Crippen LogP contribution is 2.23. The van der Waals surface area contributed by atoms with E-state index in [-0.39, 0.29) is 6.04 Å². The molecule has 88 valence electrons. The Hall–Kier alpha value is -1.81. The summed E-state index contributed by atoms with van der Waals surface area (Å²) in [6.07, 6.45) is 0. The highest BCUT2D eigenvalue weighted by Gasteiger charge is 2.07. The largest absolute Gasteiger partial charge is 0.378 e. The second-order valence-electron chi connectivity index (χ2n) is 3.83. The van der Waals surface area contributed by atoms with E-state index in [0.717, 1.165) is 5.69 Å². The van der Waals surface area contributed by atoms with Crippen molar-refractivity contribution < 1.29 is 4.79 Å². The fraction of sp³-hybridized carbons (Fsp3) is 0.154. The second kappa shape index (κ2) is 5.01. The lowest BCUT2D eigenvalue weighted by Crippen LogP contribution is -2.12. The van der Waals surface area contributed by atoms with E-state index in [1.54, 1.807) is 23.5 Å². The number of thiophene rings is 1. The molecule has 1 aromatic carbocycles. The van der Waals surface area contributed by atoms with Crippen LogP contribution in [-0.2, 0) is 0 Å². The Morgan fingerprint density at radius 1 is 1.35 bits per heavy atom. The molecule has 0 radical (unpaired) electrons. The van der Waals surface area contributed by atoms with E-state index in [0.29, 0.717) is 5.56 Å². The Morgan fingerprint density at radius 2 is 2.18 bits per heavy atom. The number of hydrogen-bond acceptors (Lipinski definition) is 3. The van der Waals surface area contributed by atoms with Gasteiger partial charge in [0, 0.05) is 16.1 Å². The molecular formula is C13H14N2OS. The summed E-state index contributed by atoms with van der Waals surface area (Å²) in [5, 5.41) is 5.39. The zero-order valence-corrected chi connectivity index (χ0v) is 10.3. The first kappa shape index (κ1) is 11.7. The lowest BCUT2D eigenvalue weighted by molar-refractivity contribution is 0.100. The van der Waals surface area contributed by atoms with Crippen LogP contribution >= 0.6 is 11.3 Å². The van der Waals surface area contributed by atoms with E-state index in [2.05, 4.69) is 18.3 Å². The number of carbonyl (C=O) groups is 1. The third kappa shape index (κ3) is 2.85. The van der Waals surface area contributed by atoms with E-state index in [4.69, 9.17) is 5.73 Å². The predicted octanol–water partition coefficient (Wildman–Crippen LogP) is 3.02. The molecule has 0 saturated heterocycles. The quantitative estimate of drug-likeness (QED) is 0.871. The van der Waals surface area contributed by atoms with Crippen LogP contribution < -0.4 is 11.1 Å². The molecule has 0 saturated carbocycles. The molecule has 3 N–H and O–H groups in total. The summed E-state index contributed by atoms with van der Waals surface area (Å²) < 4.78 is 0. The maximum atomic E-state index is 11.1. The van der Waals surface area contributed by atoms with Crippen molar-refractivity contribution in [3.05, 3.63) is 52.2 Å². The number of carbonyl (C=O) groups excluding carboxylic acids is 1. The average Bonchev–Trinajstić information content (AvgIpc) is 2.82. The standard InChI is InChI=1S/C13H14N2OS/c1-9(12-6-3-7-17-12)15-11-5-2-4-10(8-11)13(14)16/h2-9,15H,1H3,(H2,14,16). The Kier molecular flexibility index (Phi) is 3.44. The summed E-state index contributed by atoms with van der Waals surface area (Å²) in [5.41, 5.74) is 6.67. The van der Waals surface area contributed by atoms with Gasteiger partial charge in [0.15, 0.2) is 0 Å². The van der Waals surface area contributed by atoms with Crippen molar-refractivity contribution in [2.45, 2.75) is 13.0 Å². The molecule has 1 amide bonds. The first-order valence-electron chi connectivity index (χ1n) is 5.36. The number of nitrogens with two attached hydrogens (primary N) is 1. The third-order valence-electron chi connectivity index (χ3n) is 2.50. The molecule has 0 aliphatic carbocycles. The van der Waals surface area contributed by atoms with Gasteiger partial charge in [0.1, 0.15) is 0 Å². The molecule has 0 fully saturated rings. The fourth-order valence-electron chi connectivity index (χ4n) is 1.62. The van der Waals surface area contributed by atoms with Crippen LogP contribution in [0.3, 0.4) is 0 Å². The van der Waals surface area contributed by atoms with Crippen LogP contribution in [0.1, 0.15) is 28.2 Å². The number of anilines is 1. The minimum atomic E-state index is -0.405. The van der Waals surface area contributed by atoms with Crippen LogP contribution in [0.15, 0.2) is 41.8 Å².